The van der Waals surface area contributed by atoms with Gasteiger partial charge in [-0.25, -0.2) is 17.8 Å². The van der Waals surface area contributed by atoms with Gasteiger partial charge >= 0.3 is 0 Å². The highest BCUT2D eigenvalue weighted by Gasteiger charge is 2.35. The van der Waals surface area contributed by atoms with E-state index in [-0.39, 0.29) is 12.4 Å². The van der Waals surface area contributed by atoms with Crippen molar-refractivity contribution in [3.63, 3.8) is 0 Å². The van der Waals surface area contributed by atoms with Gasteiger partial charge in [-0.05, 0) is 12.8 Å². The van der Waals surface area contributed by atoms with Gasteiger partial charge < -0.3 is 15.3 Å². The molecule has 1 aromatic carbocycles. The van der Waals surface area contributed by atoms with Gasteiger partial charge in [0.2, 0.25) is 5.43 Å². The summed E-state index contributed by atoms with van der Waals surface area (Å²) in [6.07, 6.45) is 2.37. The Morgan fingerprint density at radius 3 is 2.58 bits per heavy atom. The third kappa shape index (κ3) is 3.69. The molecule has 3 heterocycles. The molecule has 31 heavy (non-hydrogen) atoms. The first-order valence-electron chi connectivity index (χ1n) is 9.38. The monoisotopic (exact) mass is 438 g/mol. The number of rotatable bonds is 3. The largest absolute Gasteiger partial charge is 0.502 e. The van der Waals surface area contributed by atoms with Crippen molar-refractivity contribution in [1.29, 1.82) is 0 Å². The van der Waals surface area contributed by atoms with Crippen LogP contribution in [-0.4, -0.2) is 46.3 Å². The van der Waals surface area contributed by atoms with Crippen molar-refractivity contribution in [3.8, 4) is 5.75 Å². The lowest BCUT2D eigenvalue weighted by atomic mass is 10.1. The van der Waals surface area contributed by atoms with Crippen molar-refractivity contribution in [3.05, 3.63) is 62.8 Å². The Balaban J connectivity index is 1.66. The maximum absolute atomic E-state index is 13.8. The van der Waals surface area contributed by atoms with Crippen molar-refractivity contribution in [1.82, 2.24) is 14.9 Å². The molecule has 0 spiro atoms. The third-order valence-corrected chi connectivity index (χ3v) is 5.03. The molecule has 164 valence electrons. The predicted molar refractivity (Wildman–Crippen MR) is 99.2 cm³/mol. The Labute approximate surface area is 173 Å². The first-order chi connectivity index (χ1) is 14.8. The summed E-state index contributed by atoms with van der Waals surface area (Å²) in [6.45, 7) is 0.0647. The fourth-order valence-corrected chi connectivity index (χ4v) is 3.41. The molecule has 2 bridgehead atoms. The molecule has 1 saturated heterocycles. The minimum atomic E-state index is -1.21. The molecule has 0 atom stereocenters. The number of nitrogens with one attached hydrogen (secondary N) is 1. The van der Waals surface area contributed by atoms with Gasteiger partial charge in [0.25, 0.3) is 11.8 Å². The van der Waals surface area contributed by atoms with Gasteiger partial charge in [0.05, 0.1) is 6.61 Å². The number of aromatic nitrogens is 1. The van der Waals surface area contributed by atoms with Crippen molar-refractivity contribution >= 4 is 11.8 Å². The lowest BCUT2D eigenvalue weighted by Gasteiger charge is -2.39. The van der Waals surface area contributed by atoms with Crippen LogP contribution >= 0.6 is 0 Å². The summed E-state index contributed by atoms with van der Waals surface area (Å²) in [5, 5.41) is 13.7. The number of pyridine rings is 1. The van der Waals surface area contributed by atoms with Gasteiger partial charge in [0.15, 0.2) is 11.4 Å². The van der Waals surface area contributed by atoms with Crippen LogP contribution in [0.4, 0.5) is 13.2 Å². The lowest BCUT2D eigenvalue weighted by Crippen LogP contribution is -2.55. The Bertz CT molecular complexity index is 1110. The van der Waals surface area contributed by atoms with E-state index in [1.54, 1.807) is 0 Å². The molecule has 0 saturated carbocycles. The SMILES string of the molecule is O=C(NCc1c(F)cc(F)cc1F)c1cn2c(c(O)c1=O)C(=O)N1CCCCON2C1. The number of amides is 2. The molecule has 2 aliphatic heterocycles. The Morgan fingerprint density at radius 1 is 1.16 bits per heavy atom. The summed E-state index contributed by atoms with van der Waals surface area (Å²) < 4.78 is 41.7. The topological polar surface area (TPSA) is 104 Å². The first-order valence-corrected chi connectivity index (χ1v) is 9.38. The third-order valence-electron chi connectivity index (χ3n) is 5.03. The lowest BCUT2D eigenvalue weighted by molar-refractivity contribution is -0.00524. The number of benzene rings is 1. The molecule has 2 amide bonds. The Hall–Kier alpha value is -3.54. The molecular weight excluding hydrogens is 421 g/mol. The molecule has 4 rings (SSSR count). The van der Waals surface area contributed by atoms with Gasteiger partial charge in [-0.2, -0.15) is 5.17 Å². The zero-order valence-corrected chi connectivity index (χ0v) is 16.0. The summed E-state index contributed by atoms with van der Waals surface area (Å²) in [5.74, 6) is -6.13. The minimum Gasteiger partial charge on any atom is -0.502 e. The summed E-state index contributed by atoms with van der Waals surface area (Å²) in [4.78, 5) is 44.7. The highest BCUT2D eigenvalue weighted by Crippen LogP contribution is 2.23. The first kappa shape index (κ1) is 20.7. The van der Waals surface area contributed by atoms with Gasteiger partial charge in [0, 0.05) is 37.0 Å². The van der Waals surface area contributed by atoms with E-state index < -0.39 is 58.1 Å². The summed E-state index contributed by atoms with van der Waals surface area (Å²) in [6, 6.07) is 0.918. The zero-order valence-electron chi connectivity index (χ0n) is 16.0. The second-order valence-electron chi connectivity index (χ2n) is 7.05. The van der Waals surface area contributed by atoms with E-state index in [9.17, 15) is 32.7 Å². The van der Waals surface area contributed by atoms with Gasteiger partial charge in [-0.15, -0.1) is 0 Å². The zero-order chi connectivity index (χ0) is 22.3. The van der Waals surface area contributed by atoms with Crippen molar-refractivity contribution in [2.75, 3.05) is 25.0 Å². The standard InChI is InChI=1S/C19H17F3N4O5/c20-10-5-13(21)11(14(22)6-10)7-23-18(29)12-8-25-15(17(28)16(12)27)19(30)24-3-1-2-4-31-26(25)9-24/h5-6,8,28H,1-4,7,9H2,(H,23,29). The molecule has 2 N–H and O–H groups in total. The number of carbonyl (C=O) groups excluding carboxylic acids is 2. The van der Waals surface area contributed by atoms with E-state index in [0.29, 0.717) is 38.1 Å². The molecule has 0 unspecified atom stereocenters. The number of halogens is 3. The van der Waals surface area contributed by atoms with Crippen LogP contribution in [0.5, 0.6) is 5.75 Å². The maximum atomic E-state index is 13.8. The van der Waals surface area contributed by atoms with Gasteiger partial charge in [-0.1, -0.05) is 0 Å². The average Bonchev–Trinajstić information content (AvgIpc) is 2.68. The van der Waals surface area contributed by atoms with E-state index in [1.165, 1.54) is 10.1 Å². The van der Waals surface area contributed by atoms with Crippen molar-refractivity contribution < 1.29 is 32.7 Å². The second kappa shape index (κ2) is 7.95. The van der Waals surface area contributed by atoms with Crippen LogP contribution in [0.2, 0.25) is 0 Å². The number of nitrogens with zero attached hydrogens (tertiary/aromatic N) is 3. The van der Waals surface area contributed by atoms with E-state index >= 15 is 0 Å². The fourth-order valence-electron chi connectivity index (χ4n) is 3.41. The number of fused-ring (bicyclic) bond motifs is 4. The van der Waals surface area contributed by atoms with Crippen LogP contribution < -0.4 is 15.9 Å². The predicted octanol–water partition coefficient (Wildman–Crippen LogP) is 0.978. The Kier molecular flexibility index (Phi) is 5.31. The van der Waals surface area contributed by atoms with Crippen LogP contribution in [0, 0.1) is 17.5 Å². The molecule has 0 radical (unpaired) electrons. The number of hydrogen-bond acceptors (Lipinski definition) is 6. The molecule has 2 aromatic rings. The van der Waals surface area contributed by atoms with Gasteiger partial charge in [0.1, 0.15) is 29.7 Å². The van der Waals surface area contributed by atoms with Crippen LogP contribution in [0.15, 0.2) is 23.1 Å². The molecular formula is C19H17F3N4O5. The number of hydroxylamine groups is 1. The average molecular weight is 438 g/mol. The van der Waals surface area contributed by atoms with Crippen LogP contribution in [-0.2, 0) is 11.4 Å². The molecule has 9 nitrogen and oxygen atoms in total. The number of hydrogen-bond donors (Lipinski definition) is 2. The van der Waals surface area contributed by atoms with Crippen molar-refractivity contribution in [2.45, 2.75) is 19.4 Å². The maximum Gasteiger partial charge on any atom is 0.278 e. The molecule has 12 heteroatoms. The molecule has 2 aliphatic rings. The highest BCUT2D eigenvalue weighted by atomic mass is 19.1. The van der Waals surface area contributed by atoms with Crippen LogP contribution in [0.25, 0.3) is 0 Å². The minimum absolute atomic E-state index is 0.0151. The molecule has 1 fully saturated rings. The quantitative estimate of drug-likeness (QED) is 0.741. The number of aromatic hydroxyl groups is 1. The number of carbonyl (C=O) groups is 2. The smallest absolute Gasteiger partial charge is 0.278 e. The van der Waals surface area contributed by atoms with E-state index in [1.807, 2.05) is 0 Å². The summed E-state index contributed by atoms with van der Waals surface area (Å²) in [5.41, 5.74) is -2.66. The second-order valence-corrected chi connectivity index (χ2v) is 7.05. The fraction of sp³-hybridized carbons (Fsp3) is 0.316. The van der Waals surface area contributed by atoms with E-state index in [4.69, 9.17) is 4.84 Å². The Morgan fingerprint density at radius 2 is 1.87 bits per heavy atom. The normalized spacial score (nSPS) is 15.9. The van der Waals surface area contributed by atoms with E-state index in [2.05, 4.69) is 5.32 Å². The van der Waals surface area contributed by atoms with Crippen LogP contribution in [0.3, 0.4) is 0 Å². The summed E-state index contributed by atoms with van der Waals surface area (Å²) >= 11 is 0. The van der Waals surface area contributed by atoms with E-state index in [0.717, 1.165) is 10.9 Å². The van der Waals surface area contributed by atoms with Crippen molar-refractivity contribution in [2.24, 2.45) is 0 Å². The molecule has 1 aromatic heterocycles. The highest BCUT2D eigenvalue weighted by molar-refractivity contribution is 5.99. The van der Waals surface area contributed by atoms with Crippen LogP contribution in [0.1, 0.15) is 39.3 Å². The molecule has 0 aliphatic carbocycles. The summed E-state index contributed by atoms with van der Waals surface area (Å²) in [7, 11) is 0. The van der Waals surface area contributed by atoms with Gasteiger partial charge in [-0.3, -0.25) is 19.2 Å².